The van der Waals surface area contributed by atoms with Crippen LogP contribution in [0, 0.1) is 0 Å². The van der Waals surface area contributed by atoms with Gasteiger partial charge in [-0.1, -0.05) is 32.9 Å². The van der Waals surface area contributed by atoms with Gasteiger partial charge in [-0.3, -0.25) is 9.59 Å². The number of nitrogens with one attached hydrogen (secondary N) is 2. The number of carbonyl (C=O) groups is 2. The van der Waals surface area contributed by atoms with Crippen LogP contribution < -0.4 is 10.6 Å². The molecule has 2 rings (SSSR count). The fourth-order valence-electron chi connectivity index (χ4n) is 2.29. The van der Waals surface area contributed by atoms with E-state index in [1.54, 1.807) is 31.2 Å². The van der Waals surface area contributed by atoms with E-state index in [2.05, 4.69) is 24.5 Å². The third kappa shape index (κ3) is 4.69. The summed E-state index contributed by atoms with van der Waals surface area (Å²) in [5, 5.41) is 5.65. The van der Waals surface area contributed by atoms with E-state index in [-0.39, 0.29) is 11.8 Å². The van der Waals surface area contributed by atoms with Gasteiger partial charge < -0.3 is 10.6 Å². The Kier molecular flexibility index (Phi) is 6.13. The zero-order valence-electron chi connectivity index (χ0n) is 14.4. The molecule has 2 aromatic rings. The normalized spacial score (nSPS) is 11.6. The third-order valence-corrected chi connectivity index (χ3v) is 4.10. The maximum atomic E-state index is 12.3. The van der Waals surface area contributed by atoms with Crippen LogP contribution in [0.15, 0.2) is 48.5 Å². The smallest absolute Gasteiger partial charge is 0.255 e. The molecule has 1 atom stereocenters. The minimum atomic E-state index is -0.167. The Bertz CT molecular complexity index is 691. The molecule has 2 amide bonds. The molecule has 0 fully saturated rings. The fraction of sp³-hybridized carbons (Fsp3) is 0.300. The lowest BCUT2D eigenvalue weighted by atomic mass is 9.98. The van der Waals surface area contributed by atoms with Crippen molar-refractivity contribution in [2.24, 2.45) is 0 Å². The minimum Gasteiger partial charge on any atom is -0.326 e. The first-order chi connectivity index (χ1) is 11.5. The Morgan fingerprint density at radius 2 is 1.42 bits per heavy atom. The van der Waals surface area contributed by atoms with Crippen LogP contribution in [0.5, 0.6) is 0 Å². The molecule has 0 aliphatic carbocycles. The largest absolute Gasteiger partial charge is 0.326 e. The lowest BCUT2D eigenvalue weighted by molar-refractivity contribution is -0.115. The first-order valence-corrected chi connectivity index (χ1v) is 8.34. The van der Waals surface area contributed by atoms with E-state index in [9.17, 15) is 9.59 Å². The highest BCUT2D eigenvalue weighted by molar-refractivity contribution is 6.04. The Labute approximate surface area is 143 Å². The first-order valence-electron chi connectivity index (χ1n) is 8.34. The predicted octanol–water partition coefficient (Wildman–Crippen LogP) is 4.80. The van der Waals surface area contributed by atoms with Crippen LogP contribution in [0.3, 0.4) is 0 Å². The number of amides is 2. The van der Waals surface area contributed by atoms with Gasteiger partial charge in [-0.15, -0.1) is 0 Å². The van der Waals surface area contributed by atoms with Gasteiger partial charge in [0.05, 0.1) is 0 Å². The van der Waals surface area contributed by atoms with E-state index in [0.717, 1.165) is 12.1 Å². The molecule has 2 N–H and O–H groups in total. The average Bonchev–Trinajstić information content (AvgIpc) is 2.62. The summed E-state index contributed by atoms with van der Waals surface area (Å²) in [5.74, 6) is 0.300. The van der Waals surface area contributed by atoms with E-state index in [1.807, 2.05) is 24.3 Å². The highest BCUT2D eigenvalue weighted by Crippen LogP contribution is 2.21. The van der Waals surface area contributed by atoms with Crippen molar-refractivity contribution < 1.29 is 9.59 Å². The average molecular weight is 324 g/mol. The molecule has 0 bridgehead atoms. The lowest BCUT2D eigenvalue weighted by Gasteiger charge is -2.11. The molecule has 0 aliphatic rings. The molecule has 0 spiro atoms. The van der Waals surface area contributed by atoms with Gasteiger partial charge in [-0.25, -0.2) is 0 Å². The van der Waals surface area contributed by atoms with Crippen LogP contribution in [0.1, 0.15) is 55.5 Å². The first kappa shape index (κ1) is 17.7. The fourth-order valence-corrected chi connectivity index (χ4v) is 2.29. The van der Waals surface area contributed by atoms with Crippen molar-refractivity contribution in [3.8, 4) is 0 Å². The Hall–Kier alpha value is -2.62. The molecule has 0 radical (unpaired) electrons. The number of carbonyl (C=O) groups excluding carboxylic acids is 2. The molecule has 0 heterocycles. The van der Waals surface area contributed by atoms with Gasteiger partial charge in [0.25, 0.3) is 5.91 Å². The Morgan fingerprint density at radius 1 is 0.875 bits per heavy atom. The predicted molar refractivity (Wildman–Crippen MR) is 98.5 cm³/mol. The van der Waals surface area contributed by atoms with Crippen molar-refractivity contribution >= 4 is 23.2 Å². The Balaban J connectivity index is 2.00. The van der Waals surface area contributed by atoms with Gasteiger partial charge in [-0.2, -0.15) is 0 Å². The number of hydrogen-bond acceptors (Lipinski definition) is 2. The van der Waals surface area contributed by atoms with Gasteiger partial charge in [-0.05, 0) is 54.3 Å². The summed E-state index contributed by atoms with van der Waals surface area (Å²) in [6, 6.07) is 14.8. The summed E-state index contributed by atoms with van der Waals surface area (Å²) in [4.78, 5) is 23.6. The highest BCUT2D eigenvalue weighted by Gasteiger charge is 2.08. The lowest BCUT2D eigenvalue weighted by Crippen LogP contribution is -2.13. The minimum absolute atomic E-state index is 0.0476. The molecule has 4 nitrogen and oxygen atoms in total. The molecule has 0 aliphatic heterocycles. The maximum Gasteiger partial charge on any atom is 0.255 e. The molecule has 126 valence electrons. The maximum absolute atomic E-state index is 12.3. The molecule has 1 unspecified atom stereocenters. The zero-order chi connectivity index (χ0) is 17.5. The molecular weight excluding hydrogens is 300 g/mol. The Morgan fingerprint density at radius 3 is 1.96 bits per heavy atom. The standard InChI is InChI=1S/C20H24N2O2/c1-4-14(3)15-6-10-18(11-7-15)22-20(24)16-8-12-17(13-9-16)21-19(23)5-2/h6-14H,4-5H2,1-3H3,(H,21,23)(H,22,24). The van der Waals surface area contributed by atoms with Gasteiger partial charge in [0.15, 0.2) is 0 Å². The van der Waals surface area contributed by atoms with Crippen LogP contribution in [0.25, 0.3) is 0 Å². The van der Waals surface area contributed by atoms with Crippen molar-refractivity contribution in [2.75, 3.05) is 10.6 Å². The quantitative estimate of drug-likeness (QED) is 0.802. The summed E-state index contributed by atoms with van der Waals surface area (Å²) < 4.78 is 0. The topological polar surface area (TPSA) is 58.2 Å². The van der Waals surface area contributed by atoms with Crippen LogP contribution >= 0.6 is 0 Å². The van der Waals surface area contributed by atoms with Crippen molar-refractivity contribution in [2.45, 2.75) is 39.5 Å². The molecule has 4 heteroatoms. The summed E-state index contributed by atoms with van der Waals surface area (Å²) >= 11 is 0. The van der Waals surface area contributed by atoms with Gasteiger partial charge >= 0.3 is 0 Å². The molecular formula is C20H24N2O2. The molecule has 24 heavy (non-hydrogen) atoms. The summed E-state index contributed by atoms with van der Waals surface area (Å²) in [6.45, 7) is 6.14. The zero-order valence-corrected chi connectivity index (χ0v) is 14.4. The van der Waals surface area contributed by atoms with Gasteiger partial charge in [0.1, 0.15) is 0 Å². The van der Waals surface area contributed by atoms with E-state index >= 15 is 0 Å². The molecule has 0 saturated heterocycles. The van der Waals surface area contributed by atoms with Crippen LogP contribution in [0.4, 0.5) is 11.4 Å². The highest BCUT2D eigenvalue weighted by atomic mass is 16.2. The summed E-state index contributed by atoms with van der Waals surface area (Å²) in [7, 11) is 0. The molecule has 0 aromatic heterocycles. The van der Waals surface area contributed by atoms with E-state index in [4.69, 9.17) is 0 Å². The van der Waals surface area contributed by atoms with E-state index in [1.165, 1.54) is 5.56 Å². The summed E-state index contributed by atoms with van der Waals surface area (Å²) in [6.07, 6.45) is 1.52. The van der Waals surface area contributed by atoms with E-state index < -0.39 is 0 Å². The number of hydrogen-bond donors (Lipinski definition) is 2. The van der Waals surface area contributed by atoms with Crippen molar-refractivity contribution in [3.05, 3.63) is 59.7 Å². The molecule has 0 saturated carbocycles. The second-order valence-corrected chi connectivity index (χ2v) is 5.86. The van der Waals surface area contributed by atoms with Crippen molar-refractivity contribution in [1.29, 1.82) is 0 Å². The number of rotatable bonds is 6. The van der Waals surface area contributed by atoms with Crippen molar-refractivity contribution in [1.82, 2.24) is 0 Å². The van der Waals surface area contributed by atoms with Gasteiger partial charge in [0.2, 0.25) is 5.91 Å². The number of benzene rings is 2. The van der Waals surface area contributed by atoms with Crippen LogP contribution in [0.2, 0.25) is 0 Å². The van der Waals surface area contributed by atoms with Crippen LogP contribution in [-0.2, 0) is 4.79 Å². The van der Waals surface area contributed by atoms with Crippen molar-refractivity contribution in [3.63, 3.8) is 0 Å². The monoisotopic (exact) mass is 324 g/mol. The SMILES string of the molecule is CCC(=O)Nc1ccc(C(=O)Nc2ccc(C(C)CC)cc2)cc1. The third-order valence-electron chi connectivity index (χ3n) is 4.10. The summed E-state index contributed by atoms with van der Waals surface area (Å²) in [5.41, 5.74) is 3.29. The second kappa shape index (κ2) is 8.29. The molecule has 2 aromatic carbocycles. The van der Waals surface area contributed by atoms with Gasteiger partial charge in [0, 0.05) is 23.4 Å². The van der Waals surface area contributed by atoms with E-state index in [0.29, 0.717) is 23.6 Å². The van der Waals surface area contributed by atoms with Crippen LogP contribution in [-0.4, -0.2) is 11.8 Å². The second-order valence-electron chi connectivity index (χ2n) is 5.86. The number of anilines is 2.